The maximum Gasteiger partial charge on any atom is 0.408 e. The van der Waals surface area contributed by atoms with Crippen LogP contribution in [-0.4, -0.2) is 97.2 Å². The van der Waals surface area contributed by atoms with Crippen LogP contribution in [0, 0.1) is 0 Å². The summed E-state index contributed by atoms with van der Waals surface area (Å²) in [6.07, 6.45) is -2.03. The molecule has 0 radical (unpaired) electrons. The Kier molecular flexibility index (Phi) is 11.2. The minimum Gasteiger partial charge on any atom is -0.469 e. The summed E-state index contributed by atoms with van der Waals surface area (Å²) in [7, 11) is 2.25. The first-order chi connectivity index (χ1) is 18.3. The molecule has 0 aromatic heterocycles. The summed E-state index contributed by atoms with van der Waals surface area (Å²) in [5.74, 6) is -3.72. The molecule has 1 aliphatic rings. The molecule has 1 saturated heterocycles. The largest absolute Gasteiger partial charge is 0.469 e. The zero-order valence-corrected chi connectivity index (χ0v) is 22.8. The number of hydrogen-bond acceptors (Lipinski definition) is 10. The van der Waals surface area contributed by atoms with E-state index in [0.717, 1.165) is 19.1 Å². The summed E-state index contributed by atoms with van der Waals surface area (Å²) in [4.78, 5) is 78.0. The molecule has 2 rings (SSSR count). The van der Waals surface area contributed by atoms with Crippen LogP contribution < -0.4 is 5.32 Å². The van der Waals surface area contributed by atoms with Gasteiger partial charge in [0.15, 0.2) is 0 Å². The van der Waals surface area contributed by atoms with E-state index in [-0.39, 0.29) is 26.2 Å². The quantitative estimate of drug-likeness (QED) is 0.327. The third-order valence-electron chi connectivity index (χ3n) is 5.60. The molecular weight excluding hydrogens is 514 g/mol. The van der Waals surface area contributed by atoms with Crippen molar-refractivity contribution in [2.45, 2.75) is 57.9 Å². The number of carbonyl (C=O) groups is 6. The second kappa shape index (κ2) is 14.1. The van der Waals surface area contributed by atoms with Gasteiger partial charge in [-0.3, -0.25) is 24.0 Å². The monoisotopic (exact) mass is 549 g/mol. The number of esters is 3. The van der Waals surface area contributed by atoms with E-state index < -0.39 is 66.3 Å². The maximum atomic E-state index is 13.5. The number of alkyl carbamates (subject to hydrolysis) is 1. The molecule has 0 saturated carbocycles. The molecule has 1 N–H and O–H groups in total. The van der Waals surface area contributed by atoms with E-state index in [1.807, 2.05) is 0 Å². The van der Waals surface area contributed by atoms with Gasteiger partial charge in [-0.05, 0) is 26.3 Å². The van der Waals surface area contributed by atoms with Crippen LogP contribution >= 0.6 is 0 Å². The summed E-state index contributed by atoms with van der Waals surface area (Å²) >= 11 is 0. The van der Waals surface area contributed by atoms with Crippen molar-refractivity contribution in [1.82, 2.24) is 15.1 Å². The molecule has 1 aromatic rings. The van der Waals surface area contributed by atoms with Gasteiger partial charge in [0.05, 0.1) is 27.1 Å². The van der Waals surface area contributed by atoms with E-state index in [1.54, 1.807) is 51.1 Å². The number of carbonyl (C=O) groups excluding carboxylic acids is 6. The van der Waals surface area contributed by atoms with Crippen LogP contribution in [0.5, 0.6) is 0 Å². The predicted molar refractivity (Wildman–Crippen MR) is 135 cm³/mol. The van der Waals surface area contributed by atoms with Gasteiger partial charge in [-0.25, -0.2) is 4.79 Å². The van der Waals surface area contributed by atoms with E-state index >= 15 is 0 Å². The predicted octanol–water partition coefficient (Wildman–Crippen LogP) is 0.789. The molecule has 13 nitrogen and oxygen atoms in total. The minimum atomic E-state index is -1.45. The summed E-state index contributed by atoms with van der Waals surface area (Å²) in [5.41, 5.74) is -0.0704. The first-order valence-electron chi connectivity index (χ1n) is 12.3. The molecule has 1 aliphatic heterocycles. The van der Waals surface area contributed by atoms with Crippen LogP contribution in [0.2, 0.25) is 0 Å². The van der Waals surface area contributed by atoms with Gasteiger partial charge in [0.2, 0.25) is 11.8 Å². The number of amides is 3. The average molecular weight is 550 g/mol. The Balaban J connectivity index is 2.21. The van der Waals surface area contributed by atoms with Crippen molar-refractivity contribution < 1.29 is 47.7 Å². The molecular formula is C26H35N3O10. The summed E-state index contributed by atoms with van der Waals surface area (Å²) in [5, 5.41) is 2.35. The standard InChI is InChI=1S/C26H35N3O10/c1-26(2,3)39-22(32)15-28-11-12-29(19(24(28)34)14-21(31)37-5)23(33)18(13-20(30)36-4)27-25(35)38-16-17-9-7-6-8-10-17/h6-10,18-19H,11-16H2,1-5H3,(H,27,35)/t18-,19-/m0/s1. The molecule has 0 unspecified atom stereocenters. The number of ether oxygens (including phenoxy) is 4. The fraction of sp³-hybridized carbons (Fsp3) is 0.538. The van der Waals surface area contributed by atoms with Crippen molar-refractivity contribution in [2.24, 2.45) is 0 Å². The Morgan fingerprint density at radius 1 is 0.974 bits per heavy atom. The summed E-state index contributed by atoms with van der Waals surface area (Å²) < 4.78 is 19.8. The lowest BCUT2D eigenvalue weighted by Gasteiger charge is -2.41. The average Bonchev–Trinajstić information content (AvgIpc) is 2.88. The van der Waals surface area contributed by atoms with Crippen molar-refractivity contribution in [3.8, 4) is 0 Å². The number of piperazine rings is 1. The van der Waals surface area contributed by atoms with Crippen molar-refractivity contribution in [2.75, 3.05) is 33.9 Å². The van der Waals surface area contributed by atoms with Crippen molar-refractivity contribution in [1.29, 1.82) is 0 Å². The molecule has 39 heavy (non-hydrogen) atoms. The zero-order valence-electron chi connectivity index (χ0n) is 22.8. The number of methoxy groups -OCH3 is 2. The fourth-order valence-corrected chi connectivity index (χ4v) is 3.78. The molecule has 0 aliphatic carbocycles. The van der Waals surface area contributed by atoms with E-state index in [4.69, 9.17) is 9.47 Å². The number of nitrogens with zero attached hydrogens (tertiary/aromatic N) is 2. The third kappa shape index (κ3) is 9.91. The maximum absolute atomic E-state index is 13.5. The Hall–Kier alpha value is -4.16. The SMILES string of the molecule is COC(=O)C[C@H](NC(=O)OCc1ccccc1)C(=O)N1CCN(CC(=O)OC(C)(C)C)C(=O)[C@@H]1CC(=O)OC. The number of rotatable bonds is 10. The highest BCUT2D eigenvalue weighted by atomic mass is 16.6. The highest BCUT2D eigenvalue weighted by Gasteiger charge is 2.42. The summed E-state index contributed by atoms with van der Waals surface area (Å²) in [6.45, 7) is 4.44. The first kappa shape index (κ1) is 31.1. The lowest BCUT2D eigenvalue weighted by atomic mass is 10.0. The highest BCUT2D eigenvalue weighted by Crippen LogP contribution is 2.19. The van der Waals surface area contributed by atoms with Crippen LogP contribution in [-0.2, 0) is 49.5 Å². The van der Waals surface area contributed by atoms with Gasteiger partial charge in [0, 0.05) is 13.1 Å². The van der Waals surface area contributed by atoms with Crippen LogP contribution in [0.15, 0.2) is 30.3 Å². The molecule has 1 fully saturated rings. The van der Waals surface area contributed by atoms with Gasteiger partial charge in [-0.1, -0.05) is 30.3 Å². The van der Waals surface area contributed by atoms with E-state index in [2.05, 4.69) is 14.8 Å². The molecule has 0 spiro atoms. The minimum absolute atomic E-state index is 0.0507. The van der Waals surface area contributed by atoms with Crippen molar-refractivity contribution in [3.05, 3.63) is 35.9 Å². The number of benzene rings is 1. The van der Waals surface area contributed by atoms with Gasteiger partial charge in [-0.15, -0.1) is 0 Å². The zero-order chi connectivity index (χ0) is 29.2. The normalized spacial score (nSPS) is 16.1. The van der Waals surface area contributed by atoms with Crippen LogP contribution in [0.4, 0.5) is 4.79 Å². The molecule has 0 bridgehead atoms. The van der Waals surface area contributed by atoms with Crippen LogP contribution in [0.3, 0.4) is 0 Å². The summed E-state index contributed by atoms with van der Waals surface area (Å²) in [6, 6.07) is 6.01. The Labute approximate surface area is 226 Å². The van der Waals surface area contributed by atoms with Gasteiger partial charge in [0.1, 0.15) is 30.8 Å². The lowest BCUT2D eigenvalue weighted by Crippen LogP contribution is -2.63. The molecule has 214 valence electrons. The molecule has 3 amide bonds. The number of nitrogens with one attached hydrogen (secondary N) is 1. The van der Waals surface area contributed by atoms with Gasteiger partial charge in [-0.2, -0.15) is 0 Å². The van der Waals surface area contributed by atoms with E-state index in [0.29, 0.717) is 5.56 Å². The van der Waals surface area contributed by atoms with Crippen LogP contribution in [0.1, 0.15) is 39.2 Å². The molecule has 1 aromatic carbocycles. The van der Waals surface area contributed by atoms with Gasteiger partial charge < -0.3 is 34.1 Å². The Morgan fingerprint density at radius 3 is 2.21 bits per heavy atom. The molecule has 13 heteroatoms. The molecule has 1 heterocycles. The van der Waals surface area contributed by atoms with Crippen molar-refractivity contribution in [3.63, 3.8) is 0 Å². The Morgan fingerprint density at radius 2 is 1.62 bits per heavy atom. The van der Waals surface area contributed by atoms with Crippen LogP contribution in [0.25, 0.3) is 0 Å². The topological polar surface area (TPSA) is 158 Å². The first-order valence-corrected chi connectivity index (χ1v) is 12.3. The van der Waals surface area contributed by atoms with E-state index in [1.165, 1.54) is 4.90 Å². The smallest absolute Gasteiger partial charge is 0.408 e. The second-order valence-corrected chi connectivity index (χ2v) is 9.71. The second-order valence-electron chi connectivity index (χ2n) is 9.71. The lowest BCUT2D eigenvalue weighted by molar-refractivity contribution is -0.165. The van der Waals surface area contributed by atoms with Crippen molar-refractivity contribution >= 4 is 35.8 Å². The number of hydrogen-bond donors (Lipinski definition) is 1. The van der Waals surface area contributed by atoms with Gasteiger partial charge in [0.25, 0.3) is 0 Å². The fourth-order valence-electron chi connectivity index (χ4n) is 3.78. The molecule has 2 atom stereocenters. The van der Waals surface area contributed by atoms with Gasteiger partial charge >= 0.3 is 24.0 Å². The highest BCUT2D eigenvalue weighted by molar-refractivity contribution is 5.96. The van der Waals surface area contributed by atoms with E-state index in [9.17, 15) is 28.8 Å². The Bertz CT molecular complexity index is 1050. The third-order valence-corrected chi connectivity index (χ3v) is 5.60.